The van der Waals surface area contributed by atoms with Crippen molar-refractivity contribution < 1.29 is 13.9 Å². The summed E-state index contributed by atoms with van der Waals surface area (Å²) in [4.78, 5) is 15.2. The smallest absolute Gasteiger partial charge is 0.375 e. The van der Waals surface area contributed by atoms with Gasteiger partial charge in [0.15, 0.2) is 0 Å². The van der Waals surface area contributed by atoms with Crippen LogP contribution in [0.25, 0.3) is 0 Å². The Labute approximate surface area is 81.5 Å². The summed E-state index contributed by atoms with van der Waals surface area (Å²) in [5, 5.41) is 3.11. The van der Waals surface area contributed by atoms with Gasteiger partial charge in [-0.25, -0.2) is 9.78 Å². The van der Waals surface area contributed by atoms with Crippen LogP contribution in [0.1, 0.15) is 29.3 Å². The van der Waals surface area contributed by atoms with Crippen molar-refractivity contribution in [1.29, 1.82) is 0 Å². The van der Waals surface area contributed by atoms with E-state index in [0.717, 1.165) is 13.1 Å². The van der Waals surface area contributed by atoms with Crippen LogP contribution in [0, 0.1) is 0 Å². The van der Waals surface area contributed by atoms with E-state index in [-0.39, 0.29) is 5.76 Å². The second-order valence-corrected chi connectivity index (χ2v) is 3.14. The van der Waals surface area contributed by atoms with Crippen LogP contribution < -0.4 is 5.32 Å². The first-order chi connectivity index (χ1) is 6.81. The van der Waals surface area contributed by atoms with E-state index < -0.39 is 5.97 Å². The Morgan fingerprint density at radius 3 is 3.14 bits per heavy atom. The molecule has 2 rings (SSSR count). The van der Waals surface area contributed by atoms with Gasteiger partial charge in [0.05, 0.1) is 18.7 Å². The van der Waals surface area contributed by atoms with Gasteiger partial charge in [0.1, 0.15) is 0 Å². The lowest BCUT2D eigenvalue weighted by Gasteiger charge is -2.23. The number of nitrogens with zero attached hydrogens (tertiary/aromatic N) is 1. The third-order valence-corrected chi connectivity index (χ3v) is 2.13. The molecule has 1 N–H and O–H groups in total. The summed E-state index contributed by atoms with van der Waals surface area (Å²) in [7, 11) is 0. The van der Waals surface area contributed by atoms with Gasteiger partial charge in [-0.05, 0) is 6.92 Å². The van der Waals surface area contributed by atoms with Gasteiger partial charge in [-0.2, -0.15) is 0 Å². The van der Waals surface area contributed by atoms with E-state index in [1.807, 2.05) is 0 Å². The maximum atomic E-state index is 11.2. The van der Waals surface area contributed by atoms with E-state index in [2.05, 4.69) is 10.3 Å². The summed E-state index contributed by atoms with van der Waals surface area (Å²) in [5.41, 5.74) is 0. The molecule has 5 heteroatoms. The zero-order valence-electron chi connectivity index (χ0n) is 7.95. The highest BCUT2D eigenvalue weighted by Gasteiger charge is 2.25. The van der Waals surface area contributed by atoms with E-state index in [1.54, 1.807) is 6.92 Å². The molecule has 0 radical (unpaired) electrons. The molecular formula is C9H12N2O3. The Hall–Kier alpha value is -1.36. The molecule has 0 saturated carbocycles. The molecule has 1 fully saturated rings. The third-order valence-electron chi connectivity index (χ3n) is 2.13. The number of oxazole rings is 1. The van der Waals surface area contributed by atoms with Crippen LogP contribution in [0.3, 0.4) is 0 Å². The molecule has 14 heavy (non-hydrogen) atoms. The van der Waals surface area contributed by atoms with E-state index in [9.17, 15) is 4.79 Å². The zero-order valence-corrected chi connectivity index (χ0v) is 7.95. The summed E-state index contributed by atoms with van der Waals surface area (Å²) < 4.78 is 10.1. The van der Waals surface area contributed by atoms with Crippen LogP contribution in [0.5, 0.6) is 0 Å². The van der Waals surface area contributed by atoms with Gasteiger partial charge in [-0.3, -0.25) is 0 Å². The molecule has 0 aromatic carbocycles. The summed E-state index contributed by atoms with van der Waals surface area (Å²) in [6.45, 7) is 3.83. The molecule has 5 nitrogen and oxygen atoms in total. The molecule has 0 aliphatic carbocycles. The fourth-order valence-electron chi connectivity index (χ4n) is 1.24. The first-order valence-corrected chi connectivity index (χ1v) is 4.65. The Bertz CT molecular complexity index is 331. The van der Waals surface area contributed by atoms with E-state index in [1.165, 1.54) is 6.20 Å². The van der Waals surface area contributed by atoms with Crippen LogP contribution in [0.4, 0.5) is 0 Å². The average Bonchev–Trinajstić information content (AvgIpc) is 2.50. The highest BCUT2D eigenvalue weighted by Crippen LogP contribution is 2.19. The molecule has 2 heterocycles. The predicted molar refractivity (Wildman–Crippen MR) is 48.1 cm³/mol. The lowest BCUT2D eigenvalue weighted by molar-refractivity contribution is 0.0486. The Morgan fingerprint density at radius 1 is 1.79 bits per heavy atom. The van der Waals surface area contributed by atoms with Gasteiger partial charge in [0, 0.05) is 13.1 Å². The van der Waals surface area contributed by atoms with Crippen LogP contribution in [0.15, 0.2) is 10.6 Å². The highest BCUT2D eigenvalue weighted by molar-refractivity contribution is 5.85. The third kappa shape index (κ3) is 1.63. The van der Waals surface area contributed by atoms with Crippen LogP contribution in [-0.2, 0) is 4.74 Å². The van der Waals surface area contributed by atoms with Gasteiger partial charge in [0.2, 0.25) is 11.7 Å². The fourth-order valence-corrected chi connectivity index (χ4v) is 1.24. The normalized spacial score (nSPS) is 16.4. The monoisotopic (exact) mass is 196 g/mol. The van der Waals surface area contributed by atoms with Crippen molar-refractivity contribution in [3.8, 4) is 0 Å². The fraction of sp³-hybridized carbons (Fsp3) is 0.556. The Morgan fingerprint density at radius 2 is 2.57 bits per heavy atom. The number of rotatable bonds is 3. The topological polar surface area (TPSA) is 64.4 Å². The minimum Gasteiger partial charge on any atom is -0.460 e. The van der Waals surface area contributed by atoms with Crippen molar-refractivity contribution in [3.63, 3.8) is 0 Å². The number of carbonyl (C=O) groups is 1. The Kier molecular flexibility index (Phi) is 2.49. The molecule has 1 aromatic rings. The summed E-state index contributed by atoms with van der Waals surface area (Å²) in [6, 6.07) is 0. The maximum Gasteiger partial charge on any atom is 0.375 e. The maximum absolute atomic E-state index is 11.2. The first-order valence-electron chi connectivity index (χ1n) is 4.65. The predicted octanol–water partition coefficient (Wildman–Crippen LogP) is 0.538. The van der Waals surface area contributed by atoms with Crippen molar-refractivity contribution in [2.24, 2.45) is 0 Å². The number of aromatic nitrogens is 1. The van der Waals surface area contributed by atoms with Crippen LogP contribution in [0.2, 0.25) is 0 Å². The molecule has 0 amide bonds. The van der Waals surface area contributed by atoms with Gasteiger partial charge >= 0.3 is 5.97 Å². The largest absolute Gasteiger partial charge is 0.460 e. The second kappa shape index (κ2) is 3.79. The average molecular weight is 196 g/mol. The zero-order chi connectivity index (χ0) is 9.97. The van der Waals surface area contributed by atoms with Crippen LogP contribution in [-0.4, -0.2) is 30.6 Å². The molecule has 0 spiro atoms. The lowest BCUT2D eigenvalue weighted by atomic mass is 10.0. The molecule has 1 aliphatic rings. The number of hydrogen-bond donors (Lipinski definition) is 1. The number of ether oxygens (including phenoxy) is 1. The molecular weight excluding hydrogens is 184 g/mol. The summed E-state index contributed by atoms with van der Waals surface area (Å²) in [6.07, 6.45) is 1.42. The molecule has 76 valence electrons. The van der Waals surface area contributed by atoms with Gasteiger partial charge in [-0.15, -0.1) is 0 Å². The second-order valence-electron chi connectivity index (χ2n) is 3.14. The van der Waals surface area contributed by atoms with Gasteiger partial charge < -0.3 is 14.5 Å². The molecule has 1 aliphatic heterocycles. The van der Waals surface area contributed by atoms with Crippen molar-refractivity contribution >= 4 is 5.97 Å². The summed E-state index contributed by atoms with van der Waals surface area (Å²) in [5.74, 6) is 0.664. The first kappa shape index (κ1) is 9.21. The Balaban J connectivity index is 2.05. The highest BCUT2D eigenvalue weighted by atomic mass is 16.5. The standard InChI is InChI=1S/C9H12N2O3/c1-2-13-9(12)7-5-11-8(14-7)6-3-10-4-6/h5-6,10H,2-4H2,1H3. The van der Waals surface area contributed by atoms with Crippen LogP contribution >= 0.6 is 0 Å². The number of esters is 1. The van der Waals surface area contributed by atoms with Crippen molar-refractivity contribution in [2.45, 2.75) is 12.8 Å². The minimum absolute atomic E-state index is 0.189. The minimum atomic E-state index is -0.446. The van der Waals surface area contributed by atoms with Crippen molar-refractivity contribution in [1.82, 2.24) is 10.3 Å². The van der Waals surface area contributed by atoms with Crippen molar-refractivity contribution in [2.75, 3.05) is 19.7 Å². The number of nitrogens with one attached hydrogen (secondary N) is 1. The van der Waals surface area contributed by atoms with Crippen molar-refractivity contribution in [3.05, 3.63) is 17.8 Å². The van der Waals surface area contributed by atoms with E-state index >= 15 is 0 Å². The van der Waals surface area contributed by atoms with Gasteiger partial charge in [0.25, 0.3) is 0 Å². The SMILES string of the molecule is CCOC(=O)c1cnc(C2CNC2)o1. The quantitative estimate of drug-likeness (QED) is 0.715. The molecule has 0 atom stereocenters. The summed E-state index contributed by atoms with van der Waals surface area (Å²) >= 11 is 0. The lowest BCUT2D eigenvalue weighted by Crippen LogP contribution is -2.40. The molecule has 1 saturated heterocycles. The molecule has 0 bridgehead atoms. The van der Waals surface area contributed by atoms with E-state index in [4.69, 9.17) is 9.15 Å². The number of hydrogen-bond acceptors (Lipinski definition) is 5. The molecule has 1 aromatic heterocycles. The van der Waals surface area contributed by atoms with E-state index in [0.29, 0.717) is 18.4 Å². The van der Waals surface area contributed by atoms with Gasteiger partial charge in [-0.1, -0.05) is 0 Å². The number of carbonyl (C=O) groups excluding carboxylic acids is 1. The molecule has 0 unspecified atom stereocenters.